The van der Waals surface area contributed by atoms with Crippen molar-refractivity contribution in [2.45, 2.75) is 26.3 Å². The third kappa shape index (κ3) is 4.05. The molecule has 0 saturated heterocycles. The van der Waals surface area contributed by atoms with Gasteiger partial charge in [0.15, 0.2) is 5.96 Å². The molecule has 0 saturated carbocycles. The van der Waals surface area contributed by atoms with Crippen molar-refractivity contribution in [2.75, 3.05) is 13.6 Å². The van der Waals surface area contributed by atoms with Crippen LogP contribution in [0.3, 0.4) is 0 Å². The summed E-state index contributed by atoms with van der Waals surface area (Å²) in [7, 11) is 3.83. The van der Waals surface area contributed by atoms with E-state index in [4.69, 9.17) is 0 Å². The second-order valence-electron chi connectivity index (χ2n) is 6.29. The van der Waals surface area contributed by atoms with Crippen LogP contribution in [0.1, 0.15) is 23.6 Å². The highest BCUT2D eigenvalue weighted by molar-refractivity contribution is 5.86. The van der Waals surface area contributed by atoms with Gasteiger partial charge in [0, 0.05) is 56.7 Å². The van der Waals surface area contributed by atoms with E-state index in [1.807, 2.05) is 7.05 Å². The molecule has 3 aromatic rings. The lowest BCUT2D eigenvalue weighted by molar-refractivity contribution is 0.794. The third-order valence-corrected chi connectivity index (χ3v) is 4.53. The summed E-state index contributed by atoms with van der Waals surface area (Å²) in [4.78, 5) is 7.73. The molecule has 1 aromatic carbocycles. The second-order valence-corrected chi connectivity index (χ2v) is 6.29. The number of rotatable bonds is 6. The van der Waals surface area contributed by atoms with Crippen LogP contribution in [0.2, 0.25) is 0 Å². The van der Waals surface area contributed by atoms with Crippen molar-refractivity contribution in [3.05, 3.63) is 59.5 Å². The van der Waals surface area contributed by atoms with Gasteiger partial charge in [-0.1, -0.05) is 25.1 Å². The van der Waals surface area contributed by atoms with Crippen LogP contribution in [0.25, 0.3) is 10.9 Å². The molecule has 132 valence electrons. The number of H-pyrrole nitrogens is 1. The first-order valence-corrected chi connectivity index (χ1v) is 8.84. The van der Waals surface area contributed by atoms with Gasteiger partial charge in [-0.2, -0.15) is 0 Å². The van der Waals surface area contributed by atoms with Crippen LogP contribution in [0, 0.1) is 0 Å². The minimum Gasteiger partial charge on any atom is -0.361 e. The molecule has 0 fully saturated rings. The Hall–Kier alpha value is -2.69. The Kier molecular flexibility index (Phi) is 5.43. The number of fused-ring (bicyclic) bond motifs is 1. The molecule has 5 nitrogen and oxygen atoms in total. The van der Waals surface area contributed by atoms with Crippen LogP contribution in [-0.2, 0) is 26.4 Å². The monoisotopic (exact) mass is 337 g/mol. The Balaban J connectivity index is 1.54. The zero-order valence-electron chi connectivity index (χ0n) is 15.3. The Bertz CT molecular complexity index is 856. The van der Waals surface area contributed by atoms with Crippen molar-refractivity contribution < 1.29 is 0 Å². The summed E-state index contributed by atoms with van der Waals surface area (Å²) in [5, 5.41) is 8.08. The smallest absolute Gasteiger partial charge is 0.191 e. The summed E-state index contributed by atoms with van der Waals surface area (Å²) in [6.45, 7) is 3.81. The summed E-state index contributed by atoms with van der Waals surface area (Å²) in [6.07, 6.45) is 8.29. The molecule has 0 aliphatic carbocycles. The maximum atomic E-state index is 4.30. The average Bonchev–Trinajstić information content (AvgIpc) is 3.24. The van der Waals surface area contributed by atoms with Crippen LogP contribution in [0.15, 0.2) is 47.8 Å². The molecular weight excluding hydrogens is 310 g/mol. The molecule has 3 rings (SSSR count). The molecule has 0 spiro atoms. The molecule has 5 heteroatoms. The van der Waals surface area contributed by atoms with Crippen molar-refractivity contribution in [1.82, 2.24) is 20.2 Å². The van der Waals surface area contributed by atoms with E-state index in [0.29, 0.717) is 0 Å². The summed E-state index contributed by atoms with van der Waals surface area (Å²) in [5.74, 6) is 0.831. The number of aliphatic imine (C=N–C) groups is 1. The largest absolute Gasteiger partial charge is 0.361 e. The molecule has 0 aliphatic rings. The summed E-state index contributed by atoms with van der Waals surface area (Å²) in [5.41, 5.74) is 5.23. The van der Waals surface area contributed by atoms with Gasteiger partial charge >= 0.3 is 0 Å². The number of nitrogens with zero attached hydrogens (tertiary/aromatic N) is 2. The normalized spacial score (nSPS) is 11.9. The summed E-state index contributed by atoms with van der Waals surface area (Å²) < 4.78 is 2.05. The van der Waals surface area contributed by atoms with Crippen LogP contribution in [-0.4, -0.2) is 29.1 Å². The van der Waals surface area contributed by atoms with Gasteiger partial charge in [-0.15, -0.1) is 0 Å². The number of hydrogen-bond donors (Lipinski definition) is 3. The van der Waals surface area contributed by atoms with Gasteiger partial charge in [0.2, 0.25) is 0 Å². The Morgan fingerprint density at radius 3 is 2.80 bits per heavy atom. The Morgan fingerprint density at radius 2 is 2.08 bits per heavy atom. The molecule has 3 N–H and O–H groups in total. The van der Waals surface area contributed by atoms with Gasteiger partial charge < -0.3 is 20.2 Å². The van der Waals surface area contributed by atoms with E-state index in [-0.39, 0.29) is 0 Å². The lowest BCUT2D eigenvalue weighted by Gasteiger charge is -2.11. The van der Waals surface area contributed by atoms with Gasteiger partial charge in [-0.3, -0.25) is 4.99 Å². The van der Waals surface area contributed by atoms with Gasteiger partial charge in [0.25, 0.3) is 0 Å². The highest BCUT2D eigenvalue weighted by atomic mass is 15.2. The number of nitrogens with one attached hydrogen (secondary N) is 3. The zero-order valence-corrected chi connectivity index (χ0v) is 15.3. The quantitative estimate of drug-likeness (QED) is 0.478. The number of aromatic amines is 1. The summed E-state index contributed by atoms with van der Waals surface area (Å²) >= 11 is 0. The van der Waals surface area contributed by atoms with E-state index in [1.165, 1.54) is 27.6 Å². The molecule has 0 bridgehead atoms. The highest BCUT2D eigenvalue weighted by Crippen LogP contribution is 2.22. The zero-order chi connectivity index (χ0) is 17.6. The first kappa shape index (κ1) is 17.1. The number of hydrogen-bond acceptors (Lipinski definition) is 1. The topological polar surface area (TPSA) is 57.1 Å². The van der Waals surface area contributed by atoms with E-state index < -0.39 is 0 Å². The lowest BCUT2D eigenvalue weighted by Crippen LogP contribution is -2.37. The molecule has 0 unspecified atom stereocenters. The SMILES string of the molecule is CCc1cccc2c(CCNC(=NC)NCc3ccn(C)c3)c[nH]c12. The minimum absolute atomic E-state index is 0.771. The highest BCUT2D eigenvalue weighted by Gasteiger charge is 2.07. The predicted octanol–water partition coefficient (Wildman–Crippen LogP) is 2.98. The van der Waals surface area contributed by atoms with Gasteiger partial charge in [0.05, 0.1) is 0 Å². The fourth-order valence-electron chi connectivity index (χ4n) is 3.16. The van der Waals surface area contributed by atoms with Crippen LogP contribution in [0.4, 0.5) is 0 Å². The van der Waals surface area contributed by atoms with E-state index in [1.54, 1.807) is 7.05 Å². The van der Waals surface area contributed by atoms with E-state index >= 15 is 0 Å². The van der Waals surface area contributed by atoms with Crippen molar-refractivity contribution in [3.8, 4) is 0 Å². The molecule has 0 radical (unpaired) electrons. The number of aryl methyl sites for hydroxylation is 2. The predicted molar refractivity (Wildman–Crippen MR) is 105 cm³/mol. The second kappa shape index (κ2) is 7.92. The fraction of sp³-hybridized carbons (Fsp3) is 0.350. The van der Waals surface area contributed by atoms with E-state index in [9.17, 15) is 0 Å². The average molecular weight is 337 g/mol. The molecule has 2 aromatic heterocycles. The van der Waals surface area contributed by atoms with Crippen LogP contribution < -0.4 is 10.6 Å². The number of guanidine groups is 1. The lowest BCUT2D eigenvalue weighted by atomic mass is 10.1. The van der Waals surface area contributed by atoms with Crippen molar-refractivity contribution in [2.24, 2.45) is 12.0 Å². The van der Waals surface area contributed by atoms with Gasteiger partial charge in [0.1, 0.15) is 0 Å². The fourth-order valence-corrected chi connectivity index (χ4v) is 3.16. The molecule has 0 atom stereocenters. The van der Waals surface area contributed by atoms with Gasteiger partial charge in [-0.25, -0.2) is 0 Å². The standard InChI is InChI=1S/C20H27N5/c1-4-16-6-5-7-18-17(13-23-19(16)18)8-10-22-20(21-2)24-12-15-9-11-25(3)14-15/h5-7,9,11,13-14,23H,4,8,10,12H2,1-3H3,(H2,21,22,24). The first-order chi connectivity index (χ1) is 12.2. The van der Waals surface area contributed by atoms with Crippen molar-refractivity contribution in [1.29, 1.82) is 0 Å². The van der Waals surface area contributed by atoms with Crippen LogP contribution >= 0.6 is 0 Å². The minimum atomic E-state index is 0.771. The Labute approximate surface area is 149 Å². The Morgan fingerprint density at radius 1 is 1.20 bits per heavy atom. The van der Waals surface area contributed by atoms with Crippen molar-refractivity contribution >= 4 is 16.9 Å². The van der Waals surface area contributed by atoms with E-state index in [0.717, 1.165) is 31.9 Å². The maximum Gasteiger partial charge on any atom is 0.191 e. The van der Waals surface area contributed by atoms with E-state index in [2.05, 4.69) is 75.0 Å². The maximum absolute atomic E-state index is 4.30. The number of aromatic nitrogens is 2. The molecular formula is C20H27N5. The number of para-hydroxylation sites is 1. The third-order valence-electron chi connectivity index (χ3n) is 4.53. The molecule has 0 aliphatic heterocycles. The molecule has 0 amide bonds. The van der Waals surface area contributed by atoms with Gasteiger partial charge in [-0.05, 0) is 35.6 Å². The van der Waals surface area contributed by atoms with Crippen molar-refractivity contribution in [3.63, 3.8) is 0 Å². The number of benzene rings is 1. The first-order valence-electron chi connectivity index (χ1n) is 8.84. The van der Waals surface area contributed by atoms with Crippen LogP contribution in [0.5, 0.6) is 0 Å². The molecule has 25 heavy (non-hydrogen) atoms. The molecule has 2 heterocycles. The summed E-state index contributed by atoms with van der Waals surface area (Å²) in [6, 6.07) is 8.64.